The van der Waals surface area contributed by atoms with Gasteiger partial charge in [0.1, 0.15) is 5.75 Å². The van der Waals surface area contributed by atoms with E-state index < -0.39 is 0 Å². The van der Waals surface area contributed by atoms with Gasteiger partial charge in [0.25, 0.3) is 0 Å². The second-order valence-corrected chi connectivity index (χ2v) is 9.55. The average Bonchev–Trinajstić information content (AvgIpc) is 3.59. The van der Waals surface area contributed by atoms with E-state index in [4.69, 9.17) is 9.72 Å². The number of anilines is 3. The lowest BCUT2D eigenvalue weighted by molar-refractivity contribution is 0.425. The quantitative estimate of drug-likeness (QED) is 0.217. The van der Waals surface area contributed by atoms with Crippen molar-refractivity contribution in [3.8, 4) is 28.7 Å². The van der Waals surface area contributed by atoms with E-state index in [1.807, 2.05) is 60.5 Å². The normalized spacial score (nSPS) is 10.9. The number of hydrogen-bond donors (Lipinski definition) is 0. The highest BCUT2D eigenvalue weighted by molar-refractivity contribution is 5.79. The van der Waals surface area contributed by atoms with Crippen molar-refractivity contribution in [2.45, 2.75) is 13.8 Å². The van der Waals surface area contributed by atoms with Gasteiger partial charge in [0.15, 0.2) is 0 Å². The van der Waals surface area contributed by atoms with Gasteiger partial charge >= 0.3 is 6.01 Å². The third-order valence-corrected chi connectivity index (χ3v) is 6.76. The first kappa shape index (κ1) is 24.2. The molecule has 0 amide bonds. The summed E-state index contributed by atoms with van der Waals surface area (Å²) in [6, 6.07) is 33.8. The molecule has 0 atom stereocenters. The molecule has 6 heteroatoms. The van der Waals surface area contributed by atoms with Gasteiger partial charge in [0.05, 0.1) is 17.7 Å². The van der Waals surface area contributed by atoms with Crippen LogP contribution in [0.5, 0.6) is 11.8 Å². The molecule has 0 aliphatic carbocycles. The molecule has 0 saturated carbocycles. The van der Waals surface area contributed by atoms with Gasteiger partial charge < -0.3 is 18.8 Å². The van der Waals surface area contributed by atoms with Gasteiger partial charge in [-0.25, -0.2) is 9.97 Å². The minimum absolute atomic E-state index is 0.542. The summed E-state index contributed by atoms with van der Waals surface area (Å²) in [4.78, 5) is 11.3. The van der Waals surface area contributed by atoms with Crippen molar-refractivity contribution in [3.63, 3.8) is 0 Å². The van der Waals surface area contributed by atoms with Gasteiger partial charge in [-0.05, 0) is 61.4 Å². The Hall–Kier alpha value is -5.10. The summed E-state index contributed by atoms with van der Waals surface area (Å²) >= 11 is 0. The van der Waals surface area contributed by atoms with E-state index in [1.165, 1.54) is 16.8 Å². The predicted octanol–water partition coefficient (Wildman–Crippen LogP) is 8.15. The Labute approximate surface area is 228 Å². The minimum Gasteiger partial charge on any atom is -0.425 e. The molecule has 0 fully saturated rings. The highest BCUT2D eigenvalue weighted by Gasteiger charge is 2.16. The summed E-state index contributed by atoms with van der Waals surface area (Å²) in [5.41, 5.74) is 8.61. The Balaban J connectivity index is 1.39. The van der Waals surface area contributed by atoms with Crippen molar-refractivity contribution in [3.05, 3.63) is 133 Å². The van der Waals surface area contributed by atoms with Crippen molar-refractivity contribution in [1.82, 2.24) is 19.1 Å². The molecule has 0 saturated heterocycles. The lowest BCUT2D eigenvalue weighted by Crippen LogP contribution is -2.10. The Morgan fingerprint density at radius 3 is 2.15 bits per heavy atom. The molecule has 0 unspecified atom stereocenters. The number of aryl methyl sites for hydroxylation is 3. The molecule has 0 spiro atoms. The number of imidazole rings is 2. The molecule has 39 heavy (non-hydrogen) atoms. The maximum Gasteiger partial charge on any atom is 0.301 e. The van der Waals surface area contributed by atoms with Crippen molar-refractivity contribution in [2.24, 2.45) is 7.05 Å². The van der Waals surface area contributed by atoms with Gasteiger partial charge in [-0.15, -0.1) is 0 Å². The first-order chi connectivity index (χ1) is 19.1. The van der Waals surface area contributed by atoms with Crippen LogP contribution >= 0.6 is 0 Å². The maximum absolute atomic E-state index is 6.08. The fraction of sp³-hybridized carbons (Fsp3) is 0.0909. The predicted molar refractivity (Wildman–Crippen MR) is 156 cm³/mol. The van der Waals surface area contributed by atoms with E-state index in [2.05, 4.69) is 95.2 Å². The third kappa shape index (κ3) is 4.92. The van der Waals surface area contributed by atoms with E-state index in [1.54, 1.807) is 6.20 Å². The molecule has 2 aromatic heterocycles. The molecule has 0 aliphatic rings. The number of aromatic nitrogens is 4. The highest BCUT2D eigenvalue weighted by Crippen LogP contribution is 2.38. The Morgan fingerprint density at radius 1 is 0.718 bits per heavy atom. The van der Waals surface area contributed by atoms with Crippen LogP contribution in [-0.2, 0) is 7.05 Å². The highest BCUT2D eigenvalue weighted by atomic mass is 16.5. The van der Waals surface area contributed by atoms with E-state index >= 15 is 0 Å². The molecule has 0 N–H and O–H groups in total. The summed E-state index contributed by atoms with van der Waals surface area (Å²) in [6.45, 7) is 4.26. The molecule has 0 bridgehead atoms. The largest absolute Gasteiger partial charge is 0.425 e. The number of rotatable bonds is 7. The molecule has 0 aliphatic heterocycles. The second kappa shape index (κ2) is 10.3. The van der Waals surface area contributed by atoms with E-state index in [0.717, 1.165) is 28.3 Å². The number of hydrogen-bond acceptors (Lipinski definition) is 4. The number of nitrogens with zero attached hydrogens (tertiary/aromatic N) is 5. The first-order valence-electron chi connectivity index (χ1n) is 12.9. The topological polar surface area (TPSA) is 48.1 Å². The summed E-state index contributed by atoms with van der Waals surface area (Å²) in [5, 5.41) is 0. The summed E-state index contributed by atoms with van der Waals surface area (Å²) in [7, 11) is 1.91. The van der Waals surface area contributed by atoms with Crippen LogP contribution < -0.4 is 9.64 Å². The first-order valence-corrected chi connectivity index (χ1v) is 12.9. The Morgan fingerprint density at radius 2 is 1.41 bits per heavy atom. The summed E-state index contributed by atoms with van der Waals surface area (Å²) < 4.78 is 10.0. The van der Waals surface area contributed by atoms with Crippen LogP contribution in [0.3, 0.4) is 0 Å². The van der Waals surface area contributed by atoms with Crippen LogP contribution in [0, 0.1) is 13.8 Å². The zero-order valence-electron chi connectivity index (χ0n) is 22.2. The van der Waals surface area contributed by atoms with Gasteiger partial charge in [-0.2, -0.15) is 0 Å². The van der Waals surface area contributed by atoms with E-state index in [0.29, 0.717) is 11.8 Å². The van der Waals surface area contributed by atoms with E-state index in [-0.39, 0.29) is 0 Å². The summed E-state index contributed by atoms with van der Waals surface area (Å²) in [5.74, 6) is 0.714. The van der Waals surface area contributed by atoms with Crippen LogP contribution in [0.15, 0.2) is 122 Å². The van der Waals surface area contributed by atoms with Crippen LogP contribution in [-0.4, -0.2) is 19.1 Å². The fourth-order valence-corrected chi connectivity index (χ4v) is 4.88. The van der Waals surface area contributed by atoms with Crippen LogP contribution in [0.25, 0.3) is 16.9 Å². The zero-order chi connectivity index (χ0) is 26.8. The van der Waals surface area contributed by atoms with Crippen molar-refractivity contribution >= 4 is 17.1 Å². The number of benzene rings is 4. The maximum atomic E-state index is 6.08. The molecule has 0 radical (unpaired) electrons. The molecular weight excluding hydrogens is 482 g/mol. The summed E-state index contributed by atoms with van der Waals surface area (Å²) in [6.07, 6.45) is 7.58. The zero-order valence-corrected chi connectivity index (χ0v) is 22.2. The average molecular weight is 512 g/mol. The van der Waals surface area contributed by atoms with Crippen LogP contribution in [0.1, 0.15) is 11.1 Å². The van der Waals surface area contributed by atoms with Crippen molar-refractivity contribution in [2.75, 3.05) is 4.90 Å². The molecular formula is C33H29N5O. The van der Waals surface area contributed by atoms with Gasteiger partial charge in [0, 0.05) is 54.3 Å². The van der Waals surface area contributed by atoms with Gasteiger partial charge in [0.2, 0.25) is 0 Å². The standard InChI is InChI=1S/C33H29N5O/c1-24-10-7-11-25(2)32(24)37-22-31(35-23-37)26-12-8-15-28(20-26)38(27-13-5-4-6-14-27)29-16-9-17-30(21-29)39-33-34-18-19-36(33)3/h4-23H,1-3H3. The molecule has 6 rings (SSSR count). The molecule has 6 nitrogen and oxygen atoms in total. The monoisotopic (exact) mass is 511 g/mol. The second-order valence-electron chi connectivity index (χ2n) is 9.55. The molecule has 4 aromatic carbocycles. The minimum atomic E-state index is 0.542. The SMILES string of the molecule is Cc1cccc(C)c1-n1cnc(-c2cccc(N(c3ccccc3)c3cccc(Oc4nccn4C)c3)c2)c1. The molecule has 2 heterocycles. The van der Waals surface area contributed by atoms with Gasteiger partial charge in [-0.3, -0.25) is 0 Å². The van der Waals surface area contributed by atoms with Gasteiger partial charge in [-0.1, -0.05) is 54.6 Å². The smallest absolute Gasteiger partial charge is 0.301 e. The van der Waals surface area contributed by atoms with Crippen LogP contribution in [0.2, 0.25) is 0 Å². The van der Waals surface area contributed by atoms with Crippen molar-refractivity contribution < 1.29 is 4.74 Å². The van der Waals surface area contributed by atoms with Crippen LogP contribution in [0.4, 0.5) is 17.1 Å². The number of ether oxygens (including phenoxy) is 1. The lowest BCUT2D eigenvalue weighted by Gasteiger charge is -2.26. The fourth-order valence-electron chi connectivity index (χ4n) is 4.88. The van der Waals surface area contributed by atoms with E-state index in [9.17, 15) is 0 Å². The lowest BCUT2D eigenvalue weighted by atomic mass is 10.1. The Bertz CT molecular complexity index is 1710. The Kier molecular flexibility index (Phi) is 6.43. The van der Waals surface area contributed by atoms with Crippen molar-refractivity contribution in [1.29, 1.82) is 0 Å². The number of para-hydroxylation sites is 2. The molecule has 6 aromatic rings. The third-order valence-electron chi connectivity index (χ3n) is 6.76. The molecule has 192 valence electrons.